The minimum atomic E-state index is -0.779. The molecule has 0 fully saturated rings. The number of halogens is 1. The maximum atomic E-state index is 11.2. The third-order valence-electron chi connectivity index (χ3n) is 2.33. The summed E-state index contributed by atoms with van der Waals surface area (Å²) in [4.78, 5) is 25.9. The Bertz CT molecular complexity index is 714. The van der Waals surface area contributed by atoms with Crippen molar-refractivity contribution in [1.82, 2.24) is 14.8 Å². The fourth-order valence-electron chi connectivity index (χ4n) is 1.44. The van der Waals surface area contributed by atoms with Gasteiger partial charge in [0, 0.05) is 17.3 Å². The number of hydrogen-bond acceptors (Lipinski definition) is 5. The molecule has 106 valence electrons. The highest BCUT2D eigenvalue weighted by atomic mass is 79.9. The molecule has 1 aromatic carbocycles. The van der Waals surface area contributed by atoms with Crippen LogP contribution >= 0.6 is 27.7 Å². The first-order chi connectivity index (χ1) is 9.56. The molecular formula is C12H12BrN3O3S. The van der Waals surface area contributed by atoms with E-state index in [2.05, 4.69) is 26.0 Å². The Morgan fingerprint density at radius 1 is 1.45 bits per heavy atom. The van der Waals surface area contributed by atoms with Crippen molar-refractivity contribution >= 4 is 27.7 Å². The molecule has 0 aliphatic heterocycles. The summed E-state index contributed by atoms with van der Waals surface area (Å²) in [5, 5.41) is 2.84. The molecule has 0 saturated carbocycles. The summed E-state index contributed by atoms with van der Waals surface area (Å²) in [5.41, 5.74) is -1.50. The summed E-state index contributed by atoms with van der Waals surface area (Å²) in [6, 6.07) is 7.55. The maximum Gasteiger partial charge on any atom is 0.339 e. The lowest BCUT2D eigenvalue weighted by Crippen LogP contribution is -2.33. The van der Waals surface area contributed by atoms with E-state index >= 15 is 0 Å². The van der Waals surface area contributed by atoms with Gasteiger partial charge in [-0.1, -0.05) is 33.8 Å². The van der Waals surface area contributed by atoms with Gasteiger partial charge in [-0.3, -0.25) is 19.4 Å². The van der Waals surface area contributed by atoms with Crippen LogP contribution in [-0.4, -0.2) is 27.1 Å². The minimum Gasteiger partial charge on any atom is -0.493 e. The Morgan fingerprint density at radius 3 is 3.00 bits per heavy atom. The standard InChI is InChI=1S/C12H12BrN3O3S/c1-16-12(14-10(17)11(18)15-16)20-6-5-19-9-4-2-3-8(13)7-9/h2-4,7H,5-6H2,1H3,(H,15,18). The summed E-state index contributed by atoms with van der Waals surface area (Å²) < 4.78 is 7.94. The summed E-state index contributed by atoms with van der Waals surface area (Å²) in [7, 11) is 1.63. The summed E-state index contributed by atoms with van der Waals surface area (Å²) in [5.74, 6) is 1.38. The second-order valence-corrected chi connectivity index (χ2v) is 5.83. The molecule has 0 spiro atoms. The topological polar surface area (TPSA) is 77.0 Å². The fourth-order valence-corrected chi connectivity index (χ4v) is 2.55. The van der Waals surface area contributed by atoms with Gasteiger partial charge in [-0.2, -0.15) is 4.98 Å². The molecule has 0 unspecified atom stereocenters. The van der Waals surface area contributed by atoms with Crippen molar-refractivity contribution in [2.24, 2.45) is 7.05 Å². The second kappa shape index (κ2) is 6.76. The van der Waals surface area contributed by atoms with Crippen LogP contribution in [0.25, 0.3) is 0 Å². The van der Waals surface area contributed by atoms with E-state index in [1.807, 2.05) is 24.3 Å². The minimum absolute atomic E-state index is 0.451. The lowest BCUT2D eigenvalue weighted by molar-refractivity contribution is 0.343. The van der Waals surface area contributed by atoms with Crippen LogP contribution in [0.4, 0.5) is 0 Å². The molecule has 0 bridgehead atoms. The first-order valence-electron chi connectivity index (χ1n) is 5.75. The quantitative estimate of drug-likeness (QED) is 0.497. The highest BCUT2D eigenvalue weighted by Gasteiger charge is 2.04. The summed E-state index contributed by atoms with van der Waals surface area (Å²) in [6.45, 7) is 0.468. The predicted molar refractivity (Wildman–Crippen MR) is 80.5 cm³/mol. The molecule has 0 saturated heterocycles. The van der Waals surface area contributed by atoms with E-state index in [0.29, 0.717) is 17.5 Å². The van der Waals surface area contributed by atoms with E-state index in [-0.39, 0.29) is 0 Å². The molecule has 0 amide bonds. The van der Waals surface area contributed by atoms with Gasteiger partial charge in [0.2, 0.25) is 0 Å². The molecule has 2 aromatic rings. The molecule has 1 heterocycles. The van der Waals surface area contributed by atoms with E-state index in [0.717, 1.165) is 10.2 Å². The number of ether oxygens (including phenoxy) is 1. The van der Waals surface area contributed by atoms with Gasteiger partial charge in [-0.05, 0) is 18.2 Å². The lowest BCUT2D eigenvalue weighted by Gasteiger charge is -2.07. The molecule has 8 heteroatoms. The van der Waals surface area contributed by atoms with Crippen LogP contribution < -0.4 is 15.9 Å². The largest absolute Gasteiger partial charge is 0.493 e. The first-order valence-corrected chi connectivity index (χ1v) is 7.52. The number of nitrogens with one attached hydrogen (secondary N) is 1. The van der Waals surface area contributed by atoms with Gasteiger partial charge in [0.1, 0.15) is 5.75 Å². The Kier molecular flexibility index (Phi) is 5.02. The summed E-state index contributed by atoms with van der Waals surface area (Å²) in [6.07, 6.45) is 0. The number of benzene rings is 1. The van der Waals surface area contributed by atoms with E-state index in [9.17, 15) is 9.59 Å². The van der Waals surface area contributed by atoms with E-state index in [1.54, 1.807) is 7.05 Å². The Labute approximate surface area is 127 Å². The number of nitrogens with zero attached hydrogens (tertiary/aromatic N) is 2. The van der Waals surface area contributed by atoms with Crippen molar-refractivity contribution in [1.29, 1.82) is 0 Å². The van der Waals surface area contributed by atoms with Gasteiger partial charge in [0.15, 0.2) is 5.16 Å². The molecule has 0 aliphatic carbocycles. The molecule has 1 aromatic heterocycles. The van der Waals surface area contributed by atoms with Gasteiger partial charge in [0.05, 0.1) is 6.61 Å². The monoisotopic (exact) mass is 357 g/mol. The molecule has 0 atom stereocenters. The Balaban J connectivity index is 1.89. The highest BCUT2D eigenvalue weighted by Crippen LogP contribution is 2.18. The van der Waals surface area contributed by atoms with Crippen LogP contribution in [0.1, 0.15) is 0 Å². The third-order valence-corrected chi connectivity index (χ3v) is 3.81. The average molecular weight is 358 g/mol. The highest BCUT2D eigenvalue weighted by molar-refractivity contribution is 9.10. The van der Waals surface area contributed by atoms with Crippen LogP contribution in [0.15, 0.2) is 43.5 Å². The normalized spacial score (nSPS) is 10.5. The van der Waals surface area contributed by atoms with Gasteiger partial charge in [-0.25, -0.2) is 0 Å². The number of aromatic amines is 1. The number of aryl methyl sites for hydroxylation is 1. The van der Waals surface area contributed by atoms with Crippen molar-refractivity contribution in [2.75, 3.05) is 12.4 Å². The van der Waals surface area contributed by atoms with E-state index in [4.69, 9.17) is 4.74 Å². The second-order valence-electron chi connectivity index (χ2n) is 3.85. The molecule has 0 radical (unpaired) electrons. The smallest absolute Gasteiger partial charge is 0.339 e. The SMILES string of the molecule is Cn1[nH]c(=O)c(=O)nc1SCCOc1cccc(Br)c1. The van der Waals surface area contributed by atoms with E-state index in [1.165, 1.54) is 16.4 Å². The maximum absolute atomic E-state index is 11.2. The molecular weight excluding hydrogens is 346 g/mol. The van der Waals surface area contributed by atoms with Crippen molar-refractivity contribution in [2.45, 2.75) is 5.16 Å². The van der Waals surface area contributed by atoms with Gasteiger partial charge < -0.3 is 4.74 Å². The molecule has 1 N–H and O–H groups in total. The van der Waals surface area contributed by atoms with Crippen molar-refractivity contribution in [3.63, 3.8) is 0 Å². The van der Waals surface area contributed by atoms with Crippen molar-refractivity contribution in [3.8, 4) is 5.75 Å². The Morgan fingerprint density at radius 2 is 2.25 bits per heavy atom. The van der Waals surface area contributed by atoms with Crippen LogP contribution in [0.3, 0.4) is 0 Å². The third kappa shape index (κ3) is 3.97. The summed E-state index contributed by atoms with van der Waals surface area (Å²) >= 11 is 4.70. The van der Waals surface area contributed by atoms with Crippen molar-refractivity contribution < 1.29 is 4.74 Å². The number of thioether (sulfide) groups is 1. The average Bonchev–Trinajstić information content (AvgIpc) is 2.40. The molecule has 6 nitrogen and oxygen atoms in total. The lowest BCUT2D eigenvalue weighted by atomic mass is 10.3. The molecule has 0 aliphatic rings. The van der Waals surface area contributed by atoms with Crippen LogP contribution in [0.2, 0.25) is 0 Å². The number of hydrogen-bond donors (Lipinski definition) is 1. The zero-order valence-electron chi connectivity index (χ0n) is 10.6. The number of H-pyrrole nitrogens is 1. The van der Waals surface area contributed by atoms with Crippen LogP contribution in [0, 0.1) is 0 Å². The zero-order valence-corrected chi connectivity index (χ0v) is 13.0. The van der Waals surface area contributed by atoms with E-state index < -0.39 is 11.1 Å². The van der Waals surface area contributed by atoms with Gasteiger partial charge >= 0.3 is 11.1 Å². The predicted octanol–water partition coefficient (Wildman–Crippen LogP) is 1.40. The van der Waals surface area contributed by atoms with Crippen LogP contribution in [-0.2, 0) is 7.05 Å². The first kappa shape index (κ1) is 14.9. The van der Waals surface area contributed by atoms with Gasteiger partial charge in [-0.15, -0.1) is 0 Å². The Hall–Kier alpha value is -1.54. The van der Waals surface area contributed by atoms with Crippen LogP contribution in [0.5, 0.6) is 5.75 Å². The molecule has 2 rings (SSSR count). The fraction of sp³-hybridized carbons (Fsp3) is 0.250. The molecule has 20 heavy (non-hydrogen) atoms. The number of rotatable bonds is 5. The zero-order chi connectivity index (χ0) is 14.5. The van der Waals surface area contributed by atoms with Crippen molar-refractivity contribution in [3.05, 3.63) is 49.4 Å². The number of aromatic nitrogens is 3. The van der Waals surface area contributed by atoms with Gasteiger partial charge in [0.25, 0.3) is 0 Å².